The number of hydrogen-bond acceptors (Lipinski definition) is 1. The van der Waals surface area contributed by atoms with Gasteiger partial charge >= 0.3 is 0 Å². The molecule has 11 heavy (non-hydrogen) atoms. The summed E-state index contributed by atoms with van der Waals surface area (Å²) >= 11 is 0. The summed E-state index contributed by atoms with van der Waals surface area (Å²) in [6.07, 6.45) is 5.17. The summed E-state index contributed by atoms with van der Waals surface area (Å²) in [5.41, 5.74) is -0.458. The zero-order valence-corrected chi connectivity index (χ0v) is 7.93. The average Bonchev–Trinajstić information content (AvgIpc) is 1.86. The first kappa shape index (κ1) is 9.05. The first-order valence-electron chi connectivity index (χ1n) is 4.74. The lowest BCUT2D eigenvalue weighted by Gasteiger charge is -2.37. The van der Waals surface area contributed by atoms with Crippen molar-refractivity contribution in [3.05, 3.63) is 0 Å². The van der Waals surface area contributed by atoms with Crippen molar-refractivity contribution < 1.29 is 5.11 Å². The third kappa shape index (κ3) is 2.19. The monoisotopic (exact) mass is 156 g/mol. The lowest BCUT2D eigenvalue weighted by atomic mass is 9.72. The molecule has 0 spiro atoms. The van der Waals surface area contributed by atoms with Crippen molar-refractivity contribution in [3.8, 4) is 0 Å². The highest BCUT2D eigenvalue weighted by Crippen LogP contribution is 2.36. The molecule has 0 aromatic rings. The lowest BCUT2D eigenvalue weighted by molar-refractivity contribution is -0.0229. The predicted molar refractivity (Wildman–Crippen MR) is 47.4 cm³/mol. The van der Waals surface area contributed by atoms with E-state index in [2.05, 4.69) is 6.92 Å². The first-order chi connectivity index (χ1) is 5.02. The molecule has 0 unspecified atom stereocenters. The van der Waals surface area contributed by atoms with E-state index in [9.17, 15) is 5.11 Å². The number of aliphatic hydroxyl groups is 1. The van der Waals surface area contributed by atoms with Gasteiger partial charge in [-0.2, -0.15) is 0 Å². The third-order valence-corrected chi connectivity index (χ3v) is 3.02. The second-order valence-corrected chi connectivity index (χ2v) is 4.52. The largest absolute Gasteiger partial charge is 0.390 e. The minimum Gasteiger partial charge on any atom is -0.390 e. The van der Waals surface area contributed by atoms with Crippen molar-refractivity contribution >= 4 is 0 Å². The molecule has 1 aliphatic rings. The highest BCUT2D eigenvalue weighted by Gasteiger charge is 2.32. The van der Waals surface area contributed by atoms with Gasteiger partial charge in [0.1, 0.15) is 0 Å². The molecule has 0 saturated heterocycles. The van der Waals surface area contributed by atoms with Crippen LogP contribution >= 0.6 is 0 Å². The Morgan fingerprint density at radius 1 is 1.18 bits per heavy atom. The summed E-state index contributed by atoms with van der Waals surface area (Å²) < 4.78 is 0. The molecule has 1 heteroatoms. The topological polar surface area (TPSA) is 20.2 Å². The molecule has 1 N–H and O–H groups in total. The van der Waals surface area contributed by atoms with Crippen molar-refractivity contribution in [2.75, 3.05) is 0 Å². The van der Waals surface area contributed by atoms with Gasteiger partial charge in [-0.3, -0.25) is 0 Å². The summed E-state index contributed by atoms with van der Waals surface area (Å²) in [6.45, 7) is 6.15. The molecule has 1 rings (SSSR count). The van der Waals surface area contributed by atoms with E-state index in [0.717, 1.165) is 0 Å². The van der Waals surface area contributed by atoms with Gasteiger partial charge in [-0.15, -0.1) is 0 Å². The highest BCUT2D eigenvalue weighted by molar-refractivity contribution is 4.83. The molecule has 0 heterocycles. The molecule has 1 nitrogen and oxygen atoms in total. The maximum Gasteiger partial charge on any atom is 0.0622 e. The molecule has 0 aromatic carbocycles. The van der Waals surface area contributed by atoms with Crippen LogP contribution in [0.1, 0.15) is 46.5 Å². The fraction of sp³-hybridized carbons (Fsp3) is 1.00. The summed E-state index contributed by atoms with van der Waals surface area (Å²) in [5.74, 6) is 1.24. The molecule has 2 atom stereocenters. The fourth-order valence-electron chi connectivity index (χ4n) is 2.37. The zero-order valence-electron chi connectivity index (χ0n) is 7.93. The molecule has 0 bridgehead atoms. The van der Waals surface area contributed by atoms with Gasteiger partial charge in [0.2, 0.25) is 0 Å². The van der Waals surface area contributed by atoms with Crippen LogP contribution in [0, 0.1) is 11.8 Å². The Labute approximate surface area is 69.8 Å². The van der Waals surface area contributed by atoms with Crippen LogP contribution in [0.5, 0.6) is 0 Å². The predicted octanol–water partition coefficient (Wildman–Crippen LogP) is 2.58. The molecule has 66 valence electrons. The average molecular weight is 156 g/mol. The molecule has 1 saturated carbocycles. The highest BCUT2D eigenvalue weighted by atomic mass is 16.3. The maximum atomic E-state index is 9.81. The van der Waals surface area contributed by atoms with Gasteiger partial charge < -0.3 is 5.11 Å². The standard InChI is InChI=1S/C10H20O/c1-8-6-4-5-7-9(8)10(2,3)11/h8-9,11H,4-7H2,1-3H3/t8-,9-/m1/s1. The van der Waals surface area contributed by atoms with Gasteiger partial charge in [0.25, 0.3) is 0 Å². The van der Waals surface area contributed by atoms with E-state index in [1.54, 1.807) is 0 Å². The van der Waals surface area contributed by atoms with Gasteiger partial charge in [-0.05, 0) is 32.1 Å². The quantitative estimate of drug-likeness (QED) is 0.618. The number of hydrogen-bond donors (Lipinski definition) is 1. The molecule has 1 aliphatic carbocycles. The molecule has 0 amide bonds. The van der Waals surface area contributed by atoms with E-state index < -0.39 is 5.60 Å². The van der Waals surface area contributed by atoms with Crippen LogP contribution in [-0.2, 0) is 0 Å². The van der Waals surface area contributed by atoms with Crippen LogP contribution in [0.15, 0.2) is 0 Å². The first-order valence-corrected chi connectivity index (χ1v) is 4.74. The molecule has 0 radical (unpaired) electrons. The Balaban J connectivity index is 2.55. The van der Waals surface area contributed by atoms with Crippen LogP contribution in [-0.4, -0.2) is 10.7 Å². The molecule has 0 aromatic heterocycles. The van der Waals surface area contributed by atoms with E-state index in [1.807, 2.05) is 13.8 Å². The summed E-state index contributed by atoms with van der Waals surface area (Å²) in [6, 6.07) is 0. The Morgan fingerprint density at radius 3 is 2.09 bits per heavy atom. The summed E-state index contributed by atoms with van der Waals surface area (Å²) in [7, 11) is 0. The van der Waals surface area contributed by atoms with E-state index in [-0.39, 0.29) is 0 Å². The fourth-order valence-corrected chi connectivity index (χ4v) is 2.37. The smallest absolute Gasteiger partial charge is 0.0622 e. The van der Waals surface area contributed by atoms with Gasteiger partial charge in [0, 0.05) is 0 Å². The van der Waals surface area contributed by atoms with Crippen molar-refractivity contribution in [1.29, 1.82) is 0 Å². The maximum absolute atomic E-state index is 9.81. The van der Waals surface area contributed by atoms with E-state index in [1.165, 1.54) is 25.7 Å². The molecular weight excluding hydrogens is 136 g/mol. The van der Waals surface area contributed by atoms with Crippen molar-refractivity contribution in [2.45, 2.75) is 52.1 Å². The van der Waals surface area contributed by atoms with Crippen molar-refractivity contribution in [3.63, 3.8) is 0 Å². The van der Waals surface area contributed by atoms with Crippen molar-refractivity contribution in [1.82, 2.24) is 0 Å². The molecule has 1 fully saturated rings. The molecular formula is C10H20O. The second-order valence-electron chi connectivity index (χ2n) is 4.52. The van der Waals surface area contributed by atoms with Crippen LogP contribution in [0.3, 0.4) is 0 Å². The van der Waals surface area contributed by atoms with Gasteiger partial charge in [0.15, 0.2) is 0 Å². The minimum absolute atomic E-state index is 0.458. The van der Waals surface area contributed by atoms with E-state index in [0.29, 0.717) is 11.8 Å². The zero-order chi connectivity index (χ0) is 8.48. The van der Waals surface area contributed by atoms with E-state index in [4.69, 9.17) is 0 Å². The van der Waals surface area contributed by atoms with Crippen LogP contribution in [0.2, 0.25) is 0 Å². The normalized spacial score (nSPS) is 33.8. The second kappa shape index (κ2) is 3.14. The van der Waals surface area contributed by atoms with Gasteiger partial charge in [-0.25, -0.2) is 0 Å². The molecule has 0 aliphatic heterocycles. The minimum atomic E-state index is -0.458. The Kier molecular flexibility index (Phi) is 2.58. The van der Waals surface area contributed by atoms with Crippen molar-refractivity contribution in [2.24, 2.45) is 11.8 Å². The Bertz CT molecular complexity index is 123. The van der Waals surface area contributed by atoms with E-state index >= 15 is 0 Å². The summed E-state index contributed by atoms with van der Waals surface area (Å²) in [5, 5.41) is 9.81. The van der Waals surface area contributed by atoms with Crippen LogP contribution in [0.4, 0.5) is 0 Å². The SMILES string of the molecule is C[C@@H]1CCCC[C@H]1C(C)(C)O. The Morgan fingerprint density at radius 2 is 1.73 bits per heavy atom. The number of rotatable bonds is 1. The van der Waals surface area contributed by atoms with Crippen LogP contribution in [0.25, 0.3) is 0 Å². The lowest BCUT2D eigenvalue weighted by Crippen LogP contribution is -2.37. The Hall–Kier alpha value is -0.0400. The van der Waals surface area contributed by atoms with Gasteiger partial charge in [-0.1, -0.05) is 26.2 Å². The van der Waals surface area contributed by atoms with Gasteiger partial charge in [0.05, 0.1) is 5.60 Å². The van der Waals surface area contributed by atoms with Crippen LogP contribution < -0.4 is 0 Å². The summed E-state index contributed by atoms with van der Waals surface area (Å²) in [4.78, 5) is 0. The third-order valence-electron chi connectivity index (χ3n) is 3.02.